The van der Waals surface area contributed by atoms with E-state index in [9.17, 15) is 4.79 Å². The van der Waals surface area contributed by atoms with Crippen LogP contribution in [0.1, 0.15) is 19.8 Å². The molecule has 0 atom stereocenters. The number of carbonyl (C=O) groups is 1. The average molecular weight is 513 g/mol. The van der Waals surface area contributed by atoms with Gasteiger partial charge in [-0.25, -0.2) is 14.8 Å². The molecule has 9 heteroatoms. The van der Waals surface area contributed by atoms with Gasteiger partial charge in [0.15, 0.2) is 11.0 Å². The predicted molar refractivity (Wildman–Crippen MR) is 147 cm³/mol. The van der Waals surface area contributed by atoms with Crippen LogP contribution in [0.4, 0.5) is 33.4 Å². The number of benzene rings is 2. The number of hydrogen-bond donors (Lipinski definition) is 1. The van der Waals surface area contributed by atoms with E-state index >= 15 is 0 Å². The summed E-state index contributed by atoms with van der Waals surface area (Å²) in [5.74, 6) is 0.825. The van der Waals surface area contributed by atoms with Crippen molar-refractivity contribution in [3.63, 3.8) is 0 Å². The molecule has 0 radical (unpaired) electrons. The third kappa shape index (κ3) is 6.00. The number of amides is 1. The summed E-state index contributed by atoms with van der Waals surface area (Å²) in [7, 11) is 0. The smallest absolute Gasteiger partial charge is 0.411 e. The molecule has 0 aliphatic carbocycles. The van der Waals surface area contributed by atoms with Gasteiger partial charge in [-0.05, 0) is 61.9 Å². The SMILES string of the molecule is CCOC(=O)Nc1cncc(Sc2ncc(N3CCCC3)c(N(c3ccccc3)c3ccccc3)n2)c1. The molecule has 2 aromatic heterocycles. The van der Waals surface area contributed by atoms with Crippen molar-refractivity contribution in [2.75, 3.05) is 34.8 Å². The second kappa shape index (κ2) is 11.7. The largest absolute Gasteiger partial charge is 0.450 e. The zero-order valence-corrected chi connectivity index (χ0v) is 21.4. The highest BCUT2D eigenvalue weighted by Gasteiger charge is 2.24. The number of anilines is 5. The van der Waals surface area contributed by atoms with Gasteiger partial charge in [0.05, 0.1) is 30.4 Å². The van der Waals surface area contributed by atoms with Crippen LogP contribution in [0.25, 0.3) is 0 Å². The number of para-hydroxylation sites is 2. The van der Waals surface area contributed by atoms with Crippen molar-refractivity contribution in [3.8, 4) is 0 Å². The number of nitrogens with zero attached hydrogens (tertiary/aromatic N) is 5. The lowest BCUT2D eigenvalue weighted by molar-refractivity contribution is 0.168. The third-order valence-electron chi connectivity index (χ3n) is 5.86. The van der Waals surface area contributed by atoms with Gasteiger partial charge in [-0.2, -0.15) is 0 Å². The van der Waals surface area contributed by atoms with Crippen LogP contribution in [0, 0.1) is 0 Å². The summed E-state index contributed by atoms with van der Waals surface area (Å²) in [5.41, 5.74) is 3.59. The second-order valence-corrected chi connectivity index (χ2v) is 9.46. The van der Waals surface area contributed by atoms with Gasteiger partial charge >= 0.3 is 6.09 Å². The molecule has 188 valence electrons. The molecule has 0 spiro atoms. The predicted octanol–water partition coefficient (Wildman–Crippen LogP) is 6.66. The monoisotopic (exact) mass is 512 g/mol. The summed E-state index contributed by atoms with van der Waals surface area (Å²) in [6, 6.07) is 22.3. The van der Waals surface area contributed by atoms with Crippen LogP contribution < -0.4 is 15.1 Å². The Morgan fingerprint density at radius 1 is 1.00 bits per heavy atom. The molecule has 1 saturated heterocycles. The van der Waals surface area contributed by atoms with E-state index in [0.717, 1.165) is 53.7 Å². The Balaban J connectivity index is 1.53. The van der Waals surface area contributed by atoms with Crippen molar-refractivity contribution in [3.05, 3.63) is 85.3 Å². The Bertz CT molecular complexity index is 1290. The average Bonchev–Trinajstić information content (AvgIpc) is 3.46. The summed E-state index contributed by atoms with van der Waals surface area (Å²) in [5, 5.41) is 3.28. The number of rotatable bonds is 8. The van der Waals surface area contributed by atoms with E-state index in [2.05, 4.69) is 44.4 Å². The molecule has 8 nitrogen and oxygen atoms in total. The fourth-order valence-corrected chi connectivity index (χ4v) is 4.97. The van der Waals surface area contributed by atoms with Gasteiger partial charge in [-0.3, -0.25) is 15.2 Å². The van der Waals surface area contributed by atoms with Crippen molar-refractivity contribution < 1.29 is 9.53 Å². The van der Waals surface area contributed by atoms with Gasteiger partial charge in [0.1, 0.15) is 0 Å². The molecule has 0 unspecified atom stereocenters. The lowest BCUT2D eigenvalue weighted by atomic mass is 10.2. The highest BCUT2D eigenvalue weighted by Crippen LogP contribution is 2.41. The highest BCUT2D eigenvalue weighted by molar-refractivity contribution is 7.99. The lowest BCUT2D eigenvalue weighted by Crippen LogP contribution is -2.23. The topological polar surface area (TPSA) is 83.5 Å². The first-order chi connectivity index (χ1) is 18.2. The minimum Gasteiger partial charge on any atom is -0.450 e. The van der Waals surface area contributed by atoms with Crippen molar-refractivity contribution in [2.45, 2.75) is 29.8 Å². The molecule has 0 saturated carbocycles. The quantitative estimate of drug-likeness (QED) is 0.262. The summed E-state index contributed by atoms with van der Waals surface area (Å²) in [6.45, 7) is 4.02. The van der Waals surface area contributed by atoms with Gasteiger partial charge in [-0.15, -0.1) is 0 Å². The van der Waals surface area contributed by atoms with Crippen LogP contribution in [-0.4, -0.2) is 40.7 Å². The maximum absolute atomic E-state index is 11.8. The maximum Gasteiger partial charge on any atom is 0.411 e. The molecule has 4 aromatic rings. The van der Waals surface area contributed by atoms with Crippen LogP contribution in [0.15, 0.2) is 95.4 Å². The Morgan fingerprint density at radius 2 is 1.68 bits per heavy atom. The molecule has 1 N–H and O–H groups in total. The fraction of sp³-hybridized carbons (Fsp3) is 0.214. The van der Waals surface area contributed by atoms with E-state index < -0.39 is 6.09 Å². The second-order valence-electron chi connectivity index (χ2n) is 8.42. The minimum absolute atomic E-state index is 0.299. The molecular weight excluding hydrogens is 484 g/mol. The number of pyridine rings is 1. The maximum atomic E-state index is 11.8. The van der Waals surface area contributed by atoms with E-state index in [0.29, 0.717) is 17.5 Å². The van der Waals surface area contributed by atoms with Crippen molar-refractivity contribution >= 4 is 46.4 Å². The number of nitrogens with one attached hydrogen (secondary N) is 1. The third-order valence-corrected chi connectivity index (χ3v) is 6.70. The Morgan fingerprint density at radius 3 is 2.32 bits per heavy atom. The summed E-state index contributed by atoms with van der Waals surface area (Å²) in [6.07, 6.45) is 7.02. The van der Waals surface area contributed by atoms with Gasteiger partial charge in [0, 0.05) is 35.6 Å². The van der Waals surface area contributed by atoms with Gasteiger partial charge in [0.2, 0.25) is 0 Å². The van der Waals surface area contributed by atoms with Crippen LogP contribution in [0.3, 0.4) is 0 Å². The Hall–Kier alpha value is -4.11. The first-order valence-electron chi connectivity index (χ1n) is 12.3. The van der Waals surface area contributed by atoms with E-state index in [1.165, 1.54) is 11.8 Å². The number of hydrogen-bond acceptors (Lipinski definition) is 8. The summed E-state index contributed by atoms with van der Waals surface area (Å²) in [4.78, 5) is 31.2. The summed E-state index contributed by atoms with van der Waals surface area (Å²) < 4.78 is 4.97. The zero-order valence-electron chi connectivity index (χ0n) is 20.6. The zero-order chi connectivity index (χ0) is 25.5. The molecule has 1 aliphatic rings. The van der Waals surface area contributed by atoms with Crippen molar-refractivity contribution in [1.82, 2.24) is 15.0 Å². The highest BCUT2D eigenvalue weighted by atomic mass is 32.2. The molecule has 1 aliphatic heterocycles. The molecule has 1 amide bonds. The van der Waals surface area contributed by atoms with Crippen LogP contribution in [-0.2, 0) is 4.74 Å². The molecule has 0 bridgehead atoms. The van der Waals surface area contributed by atoms with E-state index in [1.54, 1.807) is 19.3 Å². The Labute approximate surface area is 220 Å². The first-order valence-corrected chi connectivity index (χ1v) is 13.1. The van der Waals surface area contributed by atoms with E-state index in [1.807, 2.05) is 48.7 Å². The van der Waals surface area contributed by atoms with Crippen LogP contribution in [0.5, 0.6) is 0 Å². The number of ether oxygens (including phenoxy) is 1. The summed E-state index contributed by atoms with van der Waals surface area (Å²) >= 11 is 1.39. The molecule has 2 aromatic carbocycles. The van der Waals surface area contributed by atoms with E-state index in [-0.39, 0.29) is 0 Å². The minimum atomic E-state index is -0.513. The molecule has 3 heterocycles. The Kier molecular flexibility index (Phi) is 7.81. The van der Waals surface area contributed by atoms with Crippen LogP contribution in [0.2, 0.25) is 0 Å². The molecule has 1 fully saturated rings. The van der Waals surface area contributed by atoms with Crippen LogP contribution >= 0.6 is 11.8 Å². The number of aromatic nitrogens is 3. The molecule has 37 heavy (non-hydrogen) atoms. The van der Waals surface area contributed by atoms with Gasteiger partial charge in [0.25, 0.3) is 0 Å². The van der Waals surface area contributed by atoms with E-state index in [4.69, 9.17) is 14.7 Å². The fourth-order valence-electron chi connectivity index (χ4n) is 4.23. The molecule has 5 rings (SSSR count). The van der Waals surface area contributed by atoms with Crippen molar-refractivity contribution in [1.29, 1.82) is 0 Å². The van der Waals surface area contributed by atoms with Gasteiger partial charge < -0.3 is 9.64 Å². The first kappa shape index (κ1) is 24.6. The number of carbonyl (C=O) groups excluding carboxylic acids is 1. The molecular formula is C28H28N6O2S. The lowest BCUT2D eigenvalue weighted by Gasteiger charge is -2.29. The normalized spacial score (nSPS) is 12.8. The van der Waals surface area contributed by atoms with Gasteiger partial charge in [-0.1, -0.05) is 36.4 Å². The van der Waals surface area contributed by atoms with Crippen molar-refractivity contribution in [2.24, 2.45) is 0 Å². The standard InChI is InChI=1S/C28H28N6O2S/c1-2-36-28(35)31-21-17-24(19-29-18-21)37-27-30-20-25(33-15-9-10-16-33)26(32-27)34(22-11-5-3-6-12-22)23-13-7-4-8-14-23/h3-8,11-14,17-20H,2,9-10,15-16H2,1H3,(H,31,35).